The molecule has 0 aliphatic heterocycles. The van der Waals surface area contributed by atoms with Gasteiger partial charge in [-0.1, -0.05) is 0 Å². The Hall–Kier alpha value is -1.85. The van der Waals surface area contributed by atoms with Gasteiger partial charge in [-0.15, -0.1) is 0 Å². The van der Waals surface area contributed by atoms with E-state index in [9.17, 15) is 9.59 Å². The lowest BCUT2D eigenvalue weighted by molar-refractivity contribution is -0.132. The van der Waals surface area contributed by atoms with Gasteiger partial charge in [0.2, 0.25) is 5.91 Å². The van der Waals surface area contributed by atoms with Gasteiger partial charge < -0.3 is 14.6 Å². The summed E-state index contributed by atoms with van der Waals surface area (Å²) >= 11 is 0. The number of carboxylic acid groups (broad SMARTS) is 1. The third kappa shape index (κ3) is 2.82. The van der Waals surface area contributed by atoms with Gasteiger partial charge in [0.05, 0.1) is 6.33 Å². The average molecular weight is 225 g/mol. The zero-order valence-electron chi connectivity index (χ0n) is 9.54. The van der Waals surface area contributed by atoms with Gasteiger partial charge in [-0.3, -0.25) is 4.79 Å². The van der Waals surface area contributed by atoms with Crippen molar-refractivity contribution in [1.29, 1.82) is 0 Å². The summed E-state index contributed by atoms with van der Waals surface area (Å²) in [5, 5.41) is 8.66. The molecule has 0 aliphatic carbocycles. The number of carboxylic acids is 1. The molecule has 1 amide bonds. The van der Waals surface area contributed by atoms with E-state index in [-0.39, 0.29) is 24.2 Å². The van der Waals surface area contributed by atoms with E-state index in [1.807, 2.05) is 13.8 Å². The van der Waals surface area contributed by atoms with Gasteiger partial charge in [0.15, 0.2) is 5.69 Å². The van der Waals surface area contributed by atoms with Gasteiger partial charge in [0.25, 0.3) is 0 Å². The summed E-state index contributed by atoms with van der Waals surface area (Å²) in [6.45, 7) is 3.93. The molecule has 1 aromatic heterocycles. The molecule has 6 heteroatoms. The smallest absolute Gasteiger partial charge is 0.356 e. The lowest BCUT2D eigenvalue weighted by Gasteiger charge is -2.21. The molecule has 6 nitrogen and oxygen atoms in total. The van der Waals surface area contributed by atoms with Crippen molar-refractivity contribution in [3.63, 3.8) is 0 Å². The second-order valence-electron chi connectivity index (χ2n) is 3.83. The molecule has 0 saturated heterocycles. The molecule has 16 heavy (non-hydrogen) atoms. The van der Waals surface area contributed by atoms with Gasteiger partial charge in [-0.25, -0.2) is 9.78 Å². The molecular formula is C10H15N3O3. The van der Waals surface area contributed by atoms with Crippen LogP contribution < -0.4 is 0 Å². The molecule has 0 aromatic carbocycles. The predicted molar refractivity (Wildman–Crippen MR) is 57.1 cm³/mol. The summed E-state index contributed by atoms with van der Waals surface area (Å²) in [5.41, 5.74) is -0.0556. The molecule has 88 valence electrons. The van der Waals surface area contributed by atoms with Crippen LogP contribution in [0.25, 0.3) is 0 Å². The number of aromatic nitrogens is 2. The zero-order valence-corrected chi connectivity index (χ0v) is 9.54. The number of amides is 1. The minimum Gasteiger partial charge on any atom is -0.476 e. The number of likely N-dealkylation sites (N-methyl/N-ethyl adjacent to an activating group) is 1. The molecule has 0 aliphatic rings. The first-order chi connectivity index (χ1) is 7.41. The van der Waals surface area contributed by atoms with Crippen LogP contribution >= 0.6 is 0 Å². The standard InChI is InChI=1S/C10H15N3O3/c1-7(2)12(3)9(14)5-13-4-8(10(15)16)11-6-13/h4,6-7H,5H2,1-3H3,(H,15,16). The van der Waals surface area contributed by atoms with Crippen molar-refractivity contribution in [3.05, 3.63) is 18.2 Å². The highest BCUT2D eigenvalue weighted by molar-refractivity contribution is 5.85. The van der Waals surface area contributed by atoms with E-state index in [4.69, 9.17) is 5.11 Å². The SMILES string of the molecule is CC(C)N(C)C(=O)Cn1cnc(C(=O)O)c1. The number of carbonyl (C=O) groups excluding carboxylic acids is 1. The average Bonchev–Trinajstić information content (AvgIpc) is 2.64. The first-order valence-corrected chi connectivity index (χ1v) is 4.92. The number of rotatable bonds is 4. The van der Waals surface area contributed by atoms with Crippen molar-refractivity contribution in [1.82, 2.24) is 14.5 Å². The Morgan fingerprint density at radius 2 is 2.19 bits per heavy atom. The number of hydrogen-bond acceptors (Lipinski definition) is 3. The maximum absolute atomic E-state index is 11.7. The molecule has 0 unspecified atom stereocenters. The van der Waals surface area contributed by atoms with E-state index in [0.29, 0.717) is 0 Å². The van der Waals surface area contributed by atoms with Crippen LogP contribution in [0.1, 0.15) is 24.3 Å². The number of nitrogens with zero attached hydrogens (tertiary/aromatic N) is 3. The summed E-state index contributed by atoms with van der Waals surface area (Å²) in [6, 6.07) is 0.120. The van der Waals surface area contributed by atoms with E-state index in [0.717, 1.165) is 0 Å². The molecule has 0 bridgehead atoms. The maximum Gasteiger partial charge on any atom is 0.356 e. The molecular weight excluding hydrogens is 210 g/mol. The summed E-state index contributed by atoms with van der Waals surface area (Å²) in [5.74, 6) is -1.17. The van der Waals surface area contributed by atoms with Gasteiger partial charge in [-0.2, -0.15) is 0 Å². The van der Waals surface area contributed by atoms with Crippen molar-refractivity contribution >= 4 is 11.9 Å². The highest BCUT2D eigenvalue weighted by Crippen LogP contribution is 2.00. The number of imidazole rings is 1. The maximum atomic E-state index is 11.7. The molecule has 0 fully saturated rings. The molecule has 0 saturated carbocycles. The Bertz CT molecular complexity index is 398. The Morgan fingerprint density at radius 3 is 2.62 bits per heavy atom. The minimum absolute atomic E-state index is 0.0556. The van der Waals surface area contributed by atoms with E-state index >= 15 is 0 Å². The second-order valence-corrected chi connectivity index (χ2v) is 3.83. The van der Waals surface area contributed by atoms with Crippen LogP contribution in [0.2, 0.25) is 0 Å². The first-order valence-electron chi connectivity index (χ1n) is 4.92. The Balaban J connectivity index is 2.66. The van der Waals surface area contributed by atoms with Crippen molar-refractivity contribution in [3.8, 4) is 0 Å². The topological polar surface area (TPSA) is 75.4 Å². The Labute approximate surface area is 93.5 Å². The summed E-state index contributed by atoms with van der Waals surface area (Å²) in [7, 11) is 1.71. The van der Waals surface area contributed by atoms with Crippen molar-refractivity contribution in [2.45, 2.75) is 26.4 Å². The Kier molecular flexibility index (Phi) is 3.65. The first kappa shape index (κ1) is 12.2. The van der Waals surface area contributed by atoms with E-state index in [1.54, 1.807) is 11.9 Å². The van der Waals surface area contributed by atoms with Crippen LogP contribution in [-0.4, -0.2) is 44.5 Å². The molecule has 1 aromatic rings. The normalized spacial score (nSPS) is 10.5. The van der Waals surface area contributed by atoms with Gasteiger partial charge in [0.1, 0.15) is 6.54 Å². The fourth-order valence-electron chi connectivity index (χ4n) is 1.11. The fraction of sp³-hybridized carbons (Fsp3) is 0.500. The molecule has 0 spiro atoms. The van der Waals surface area contributed by atoms with Gasteiger partial charge >= 0.3 is 5.97 Å². The predicted octanol–water partition coefficient (Wildman–Crippen LogP) is 0.448. The molecule has 0 atom stereocenters. The van der Waals surface area contributed by atoms with Crippen LogP contribution in [0.3, 0.4) is 0 Å². The quantitative estimate of drug-likeness (QED) is 0.807. The highest BCUT2D eigenvalue weighted by atomic mass is 16.4. The van der Waals surface area contributed by atoms with Crippen LogP contribution in [-0.2, 0) is 11.3 Å². The van der Waals surface area contributed by atoms with E-state index in [2.05, 4.69) is 4.98 Å². The minimum atomic E-state index is -1.09. The van der Waals surface area contributed by atoms with Crippen molar-refractivity contribution in [2.24, 2.45) is 0 Å². The fourth-order valence-corrected chi connectivity index (χ4v) is 1.11. The largest absolute Gasteiger partial charge is 0.476 e. The summed E-state index contributed by atoms with van der Waals surface area (Å²) < 4.78 is 1.46. The highest BCUT2D eigenvalue weighted by Gasteiger charge is 2.13. The van der Waals surface area contributed by atoms with Crippen LogP contribution in [0.4, 0.5) is 0 Å². The van der Waals surface area contributed by atoms with Crippen LogP contribution in [0.15, 0.2) is 12.5 Å². The third-order valence-corrected chi connectivity index (χ3v) is 2.34. The number of aromatic carboxylic acids is 1. The van der Waals surface area contributed by atoms with Gasteiger partial charge in [-0.05, 0) is 13.8 Å². The molecule has 1 heterocycles. The molecule has 0 radical (unpaired) electrons. The monoisotopic (exact) mass is 225 g/mol. The Morgan fingerprint density at radius 1 is 1.56 bits per heavy atom. The number of carbonyl (C=O) groups is 2. The lowest BCUT2D eigenvalue weighted by Crippen LogP contribution is -2.35. The second kappa shape index (κ2) is 4.78. The summed E-state index contributed by atoms with van der Waals surface area (Å²) in [6.07, 6.45) is 2.68. The third-order valence-electron chi connectivity index (χ3n) is 2.34. The zero-order chi connectivity index (χ0) is 12.3. The lowest BCUT2D eigenvalue weighted by atomic mass is 10.3. The van der Waals surface area contributed by atoms with Crippen molar-refractivity contribution in [2.75, 3.05) is 7.05 Å². The van der Waals surface area contributed by atoms with E-state index < -0.39 is 5.97 Å². The molecule has 1 rings (SSSR count). The van der Waals surface area contributed by atoms with Gasteiger partial charge in [0, 0.05) is 19.3 Å². The van der Waals surface area contributed by atoms with Crippen molar-refractivity contribution < 1.29 is 14.7 Å². The molecule has 1 N–H and O–H groups in total. The van der Waals surface area contributed by atoms with Crippen LogP contribution in [0.5, 0.6) is 0 Å². The summed E-state index contributed by atoms with van der Waals surface area (Å²) in [4.78, 5) is 27.5. The van der Waals surface area contributed by atoms with Crippen LogP contribution in [0, 0.1) is 0 Å². The number of hydrogen-bond donors (Lipinski definition) is 1. The van der Waals surface area contributed by atoms with E-state index in [1.165, 1.54) is 17.1 Å².